The average molecular weight is 286 g/mol. The summed E-state index contributed by atoms with van der Waals surface area (Å²) in [5.41, 5.74) is 1.19. The van der Waals surface area contributed by atoms with Gasteiger partial charge in [0.15, 0.2) is 0 Å². The molecule has 2 rings (SSSR count). The van der Waals surface area contributed by atoms with Gasteiger partial charge >= 0.3 is 0 Å². The average Bonchev–Trinajstić information content (AvgIpc) is 2.85. The zero-order chi connectivity index (χ0) is 15.4. The molecule has 1 aromatic carbocycles. The maximum Gasteiger partial charge on any atom is 0.251 e. The zero-order valence-electron chi connectivity index (χ0n) is 12.3. The van der Waals surface area contributed by atoms with Crippen LogP contribution in [0, 0.1) is 6.92 Å². The molecule has 5 heteroatoms. The fourth-order valence-corrected chi connectivity index (χ4v) is 1.95. The number of benzene rings is 1. The van der Waals surface area contributed by atoms with Crippen molar-refractivity contribution in [2.75, 3.05) is 5.32 Å². The highest BCUT2D eigenvalue weighted by atomic mass is 16.3. The highest BCUT2D eigenvalue weighted by molar-refractivity contribution is 5.95. The minimum atomic E-state index is -0.207. The number of rotatable bonds is 4. The highest BCUT2D eigenvalue weighted by Gasteiger charge is 2.14. The lowest BCUT2D eigenvalue weighted by Crippen LogP contribution is -2.26. The molecule has 2 amide bonds. The zero-order valence-corrected chi connectivity index (χ0v) is 12.3. The van der Waals surface area contributed by atoms with Gasteiger partial charge in [0.05, 0.1) is 6.04 Å². The van der Waals surface area contributed by atoms with Crippen molar-refractivity contribution in [2.24, 2.45) is 0 Å². The van der Waals surface area contributed by atoms with E-state index in [4.69, 9.17) is 4.42 Å². The predicted octanol–water partition coefficient (Wildman–Crippen LogP) is 3.04. The van der Waals surface area contributed by atoms with Crippen LogP contribution in [-0.2, 0) is 4.79 Å². The number of furan rings is 1. The van der Waals surface area contributed by atoms with E-state index < -0.39 is 0 Å². The smallest absolute Gasteiger partial charge is 0.251 e. The minimum Gasteiger partial charge on any atom is -0.464 e. The Bertz CT molecular complexity index is 644. The molecular formula is C16H18N2O3. The number of carbonyl (C=O) groups is 2. The first-order valence-electron chi connectivity index (χ1n) is 6.70. The van der Waals surface area contributed by atoms with Gasteiger partial charge in [0.1, 0.15) is 11.5 Å². The summed E-state index contributed by atoms with van der Waals surface area (Å²) < 4.78 is 5.48. The van der Waals surface area contributed by atoms with E-state index in [2.05, 4.69) is 10.6 Å². The van der Waals surface area contributed by atoms with E-state index in [9.17, 15) is 9.59 Å². The molecule has 2 N–H and O–H groups in total. The van der Waals surface area contributed by atoms with Crippen molar-refractivity contribution in [3.63, 3.8) is 0 Å². The van der Waals surface area contributed by atoms with Gasteiger partial charge in [0.2, 0.25) is 5.91 Å². The molecule has 5 nitrogen and oxygen atoms in total. The van der Waals surface area contributed by atoms with Crippen molar-refractivity contribution < 1.29 is 14.0 Å². The Hall–Kier alpha value is -2.56. The van der Waals surface area contributed by atoms with Crippen LogP contribution in [-0.4, -0.2) is 11.8 Å². The van der Waals surface area contributed by atoms with Gasteiger partial charge < -0.3 is 15.1 Å². The van der Waals surface area contributed by atoms with E-state index in [0.717, 1.165) is 11.5 Å². The topological polar surface area (TPSA) is 71.3 Å². The van der Waals surface area contributed by atoms with Gasteiger partial charge in [-0.25, -0.2) is 0 Å². The molecule has 0 fully saturated rings. The molecule has 0 radical (unpaired) electrons. The Kier molecular flexibility index (Phi) is 4.42. The quantitative estimate of drug-likeness (QED) is 0.907. The first-order valence-corrected chi connectivity index (χ1v) is 6.70. The van der Waals surface area contributed by atoms with E-state index in [0.29, 0.717) is 11.3 Å². The maximum atomic E-state index is 12.1. The standard InChI is InChI=1S/C16H18N2O3/c1-10-4-9-15(21-10)11(2)17-16(20)13-5-7-14(8-6-13)18-12(3)19/h4-9,11H,1-3H3,(H,17,20)(H,18,19). The number of hydrogen-bond acceptors (Lipinski definition) is 3. The third-order valence-electron chi connectivity index (χ3n) is 3.00. The molecule has 0 aliphatic rings. The van der Waals surface area contributed by atoms with Crippen LogP contribution < -0.4 is 10.6 Å². The molecule has 0 saturated heterocycles. The van der Waals surface area contributed by atoms with Crippen LogP contribution in [0.5, 0.6) is 0 Å². The molecule has 0 aliphatic carbocycles. The summed E-state index contributed by atoms with van der Waals surface area (Å²) in [6.45, 7) is 5.16. The van der Waals surface area contributed by atoms with Crippen molar-refractivity contribution in [3.05, 3.63) is 53.5 Å². The van der Waals surface area contributed by atoms with E-state index in [1.807, 2.05) is 26.0 Å². The third kappa shape index (κ3) is 3.95. The molecular weight excluding hydrogens is 268 g/mol. The number of carbonyl (C=O) groups excluding carboxylic acids is 2. The fraction of sp³-hybridized carbons (Fsp3) is 0.250. The Morgan fingerprint density at radius 3 is 2.29 bits per heavy atom. The second kappa shape index (κ2) is 6.26. The monoisotopic (exact) mass is 286 g/mol. The Morgan fingerprint density at radius 1 is 1.10 bits per heavy atom. The van der Waals surface area contributed by atoms with Crippen LogP contribution in [0.4, 0.5) is 5.69 Å². The van der Waals surface area contributed by atoms with E-state index >= 15 is 0 Å². The van der Waals surface area contributed by atoms with Gasteiger partial charge in [-0.1, -0.05) is 0 Å². The van der Waals surface area contributed by atoms with Gasteiger partial charge in [-0.3, -0.25) is 9.59 Å². The summed E-state index contributed by atoms with van der Waals surface area (Å²) >= 11 is 0. The SMILES string of the molecule is CC(=O)Nc1ccc(C(=O)NC(C)c2ccc(C)o2)cc1. The van der Waals surface area contributed by atoms with Crippen molar-refractivity contribution in [3.8, 4) is 0 Å². The lowest BCUT2D eigenvalue weighted by atomic mass is 10.1. The molecule has 1 unspecified atom stereocenters. The Morgan fingerprint density at radius 2 is 1.76 bits per heavy atom. The first-order chi connectivity index (χ1) is 9.95. The summed E-state index contributed by atoms with van der Waals surface area (Å²) in [4.78, 5) is 23.1. The minimum absolute atomic E-state index is 0.144. The lowest BCUT2D eigenvalue weighted by molar-refractivity contribution is -0.114. The van der Waals surface area contributed by atoms with Crippen LogP contribution in [0.25, 0.3) is 0 Å². The van der Waals surface area contributed by atoms with E-state index in [-0.39, 0.29) is 17.9 Å². The van der Waals surface area contributed by atoms with Crippen LogP contribution in [0.3, 0.4) is 0 Å². The summed E-state index contributed by atoms with van der Waals surface area (Å²) in [7, 11) is 0. The van der Waals surface area contributed by atoms with Crippen molar-refractivity contribution in [1.29, 1.82) is 0 Å². The third-order valence-corrected chi connectivity index (χ3v) is 3.00. The molecule has 110 valence electrons. The van der Waals surface area contributed by atoms with Crippen molar-refractivity contribution in [1.82, 2.24) is 5.32 Å². The van der Waals surface area contributed by atoms with Gasteiger partial charge in [-0.05, 0) is 50.2 Å². The summed E-state index contributed by atoms with van der Waals surface area (Å²) in [5, 5.41) is 5.52. The van der Waals surface area contributed by atoms with Crippen molar-refractivity contribution >= 4 is 17.5 Å². The molecule has 2 aromatic rings. The Labute approximate surface area is 123 Å². The lowest BCUT2D eigenvalue weighted by Gasteiger charge is -2.12. The number of anilines is 1. The second-order valence-corrected chi connectivity index (χ2v) is 4.90. The van der Waals surface area contributed by atoms with Crippen LogP contribution in [0.1, 0.15) is 41.8 Å². The van der Waals surface area contributed by atoms with E-state index in [1.165, 1.54) is 6.92 Å². The van der Waals surface area contributed by atoms with Gasteiger partial charge in [-0.2, -0.15) is 0 Å². The summed E-state index contributed by atoms with van der Waals surface area (Å²) in [5.74, 6) is 1.20. The molecule has 0 spiro atoms. The summed E-state index contributed by atoms with van der Waals surface area (Å²) in [6.07, 6.45) is 0. The molecule has 21 heavy (non-hydrogen) atoms. The number of amides is 2. The van der Waals surface area contributed by atoms with E-state index in [1.54, 1.807) is 24.3 Å². The second-order valence-electron chi connectivity index (χ2n) is 4.90. The largest absolute Gasteiger partial charge is 0.464 e. The van der Waals surface area contributed by atoms with Crippen LogP contribution in [0.15, 0.2) is 40.8 Å². The number of nitrogens with one attached hydrogen (secondary N) is 2. The number of aryl methyl sites for hydroxylation is 1. The highest BCUT2D eigenvalue weighted by Crippen LogP contribution is 2.16. The normalized spacial score (nSPS) is 11.8. The van der Waals surface area contributed by atoms with Gasteiger partial charge in [-0.15, -0.1) is 0 Å². The van der Waals surface area contributed by atoms with Crippen LogP contribution in [0.2, 0.25) is 0 Å². The fourth-order valence-electron chi connectivity index (χ4n) is 1.95. The summed E-state index contributed by atoms with van der Waals surface area (Å²) in [6, 6.07) is 10.2. The first kappa shape index (κ1) is 14.8. The number of hydrogen-bond donors (Lipinski definition) is 2. The predicted molar refractivity (Wildman–Crippen MR) is 80.1 cm³/mol. The van der Waals surface area contributed by atoms with Crippen molar-refractivity contribution in [2.45, 2.75) is 26.8 Å². The molecule has 1 heterocycles. The van der Waals surface area contributed by atoms with Gasteiger partial charge in [0.25, 0.3) is 5.91 Å². The molecule has 1 atom stereocenters. The molecule has 1 aromatic heterocycles. The van der Waals surface area contributed by atoms with Crippen LogP contribution >= 0.6 is 0 Å². The Balaban J connectivity index is 2.01. The molecule has 0 aliphatic heterocycles. The molecule has 0 saturated carbocycles. The maximum absolute atomic E-state index is 12.1. The van der Waals surface area contributed by atoms with Gasteiger partial charge in [0, 0.05) is 18.2 Å². The molecule has 0 bridgehead atoms.